The smallest absolute Gasteiger partial charge is 0.374 e. The van der Waals surface area contributed by atoms with Crippen molar-refractivity contribution in [2.75, 3.05) is 101 Å². The van der Waals surface area contributed by atoms with Gasteiger partial charge in [-0.2, -0.15) is 57.0 Å². The zero-order chi connectivity index (χ0) is 94.0. The first-order valence-electron chi connectivity index (χ1n) is 33.5. The fourth-order valence-corrected chi connectivity index (χ4v) is 4.64. The summed E-state index contributed by atoms with van der Waals surface area (Å²) in [6.07, 6.45) is 8.59. The third-order valence-electron chi connectivity index (χ3n) is 10.0. The number of carbonyl (C=O) groups is 11. The molecule has 61 heteroatoms. The Morgan fingerprint density at radius 1 is 0.533 bits per heavy atom. The summed E-state index contributed by atoms with van der Waals surface area (Å²) in [6.45, 7) is 17.5. The summed E-state index contributed by atoms with van der Waals surface area (Å²) in [5.41, 5.74) is 0. The highest BCUT2D eigenvalue weighted by molar-refractivity contribution is 7.99. The van der Waals surface area contributed by atoms with Crippen molar-refractivity contribution in [3.05, 3.63) is 41.3 Å². The minimum Gasteiger partial charge on any atom is -0.483 e. The summed E-state index contributed by atoms with van der Waals surface area (Å²) in [6, 6.07) is 0.264. The number of aromatic nitrogens is 28. The number of carboxylic acid groups (broad SMARTS) is 11. The normalized spacial score (nSPS) is 9.55. The largest absolute Gasteiger partial charge is 0.483 e. The van der Waals surface area contributed by atoms with Crippen LogP contribution in [0.25, 0.3) is 0 Å². The number of tetrazole rings is 7. The standard InChI is InChI=1S/C5H8F2O2.C5H8O2.C4H8N4.C4H9NO2.C4H8O3.C4H8O2.C4H6O2.C3H7N5.C3H6N4O.C3H6N4.C3H7NO2.C3H6O3.C3H6O2S.C3H6O2.C2H5N5.C2H4N4O.C2H4N4.CH2O2.18CH4/c1-3(2)5(6,7)4(8)9;1-3-2-4(3)5(6)7;1-2-3-4-5-7-8-6-4;1-5(2)3-4(6)7;1-3(7-2)4(5)6;2*1-2-3-4(5)6;1-4-2-3-5-7-8-6-3;1-8-2-3-4-6-7-5-3;1-2-3-4-6-7-5-3;1-4-2-3(5)6;2*1-6-2-3(4)5;1-2-3(4)5;1-3-2-4-6-7-5-2;1-7-2-3-5-6-4-2;1-2-3-5-6-4-2;2-1-3;;;;;;;;;;;;;;;;;;/h3H,1-2H3,(H,8,9);3-4H,2H2,1H3,(H,6,7);2-3H2,1H3,(H,5,6,7,8);3H2,1-2H3,(H,6,7);3H,1-2H3,(H,5,6);2-3H2,1H3,(H,5,6);2-3H,1H3,(H,5,6);4H,2H2,1H3,(H,5,6,7,8);2H2,1H3,(H,4,5,6,7);2H2,1H3,(H,4,5,6,7);4H,2H2,1H3,(H,5,6);2*2H2,1H3,(H,4,5);2H2,1H3,(H,4,5);1H3,(H2,3,4,5,6,7);1H3,(H,3,4,5,6);1H3,(H,3,4,5,6);1H,(H,2,3);18*1H4/b;;;;;;3-2+;;;;;;;;;;;;;;;;;;;;;;;;;;;;;. The average molecular weight is 2030 g/mol. The molecule has 0 amide bonds. The monoisotopic (exact) mass is 2030 g/mol. The number of alkyl halides is 2. The number of aryl methyl sites for hydroxylation is 3. The van der Waals surface area contributed by atoms with Gasteiger partial charge in [0.2, 0.25) is 0 Å². The van der Waals surface area contributed by atoms with Gasteiger partial charge in [-0.25, -0.2) is 19.2 Å². The van der Waals surface area contributed by atoms with Crippen molar-refractivity contribution in [1.29, 1.82) is 0 Å². The highest BCUT2D eigenvalue weighted by Crippen LogP contribution is 2.37. The number of aliphatic carboxylic acids is 10. The van der Waals surface area contributed by atoms with Crippen LogP contribution in [-0.4, -0.2) is 379 Å². The topological polar surface area (TPSA) is 868 Å². The van der Waals surface area contributed by atoms with E-state index >= 15 is 0 Å². The molecule has 0 saturated heterocycles. The number of methoxy groups -OCH3 is 4. The molecule has 1 saturated carbocycles. The molecule has 8 rings (SSSR count). The molecule has 3 unspecified atom stereocenters. The molecule has 0 aromatic carbocycles. The molecular formula is C76H186F2N32O26S. The van der Waals surface area contributed by atoms with Crippen molar-refractivity contribution >= 4 is 83.9 Å². The van der Waals surface area contributed by atoms with E-state index in [0.29, 0.717) is 48.9 Å². The van der Waals surface area contributed by atoms with Crippen molar-refractivity contribution in [2.24, 2.45) is 17.8 Å². The van der Waals surface area contributed by atoms with Crippen LogP contribution in [0.2, 0.25) is 0 Å². The fourth-order valence-electron chi connectivity index (χ4n) is 4.39. The Kier molecular flexibility index (Phi) is 221. The second-order valence-corrected chi connectivity index (χ2v) is 21.6. The molecule has 826 valence electrons. The lowest BCUT2D eigenvalue weighted by Crippen LogP contribution is -2.33. The van der Waals surface area contributed by atoms with Gasteiger partial charge in [0.05, 0.1) is 38.4 Å². The quantitative estimate of drug-likeness (QED) is 0.0177. The van der Waals surface area contributed by atoms with E-state index < -0.39 is 77.6 Å². The van der Waals surface area contributed by atoms with Gasteiger partial charge in [-0.1, -0.05) is 230 Å². The lowest BCUT2D eigenvalue weighted by Gasteiger charge is -2.13. The fraction of sp³-hybridized carbons (Fsp3) is 0.737. The van der Waals surface area contributed by atoms with Crippen LogP contribution in [0.3, 0.4) is 0 Å². The molecule has 0 spiro atoms. The Morgan fingerprint density at radius 2 is 0.927 bits per heavy atom. The van der Waals surface area contributed by atoms with E-state index in [4.69, 9.17) is 65.7 Å². The first kappa shape index (κ1) is 204. The van der Waals surface area contributed by atoms with Crippen molar-refractivity contribution < 1.29 is 137 Å². The van der Waals surface area contributed by atoms with E-state index in [2.05, 4.69) is 181 Å². The van der Waals surface area contributed by atoms with E-state index in [-0.39, 0.29) is 184 Å². The summed E-state index contributed by atoms with van der Waals surface area (Å²) < 4.78 is 42.0. The third kappa shape index (κ3) is 180. The van der Waals surface area contributed by atoms with Crippen LogP contribution in [-0.2, 0) is 92.9 Å². The maximum atomic E-state index is 12.1. The molecule has 1 fully saturated rings. The van der Waals surface area contributed by atoms with Gasteiger partial charge in [-0.05, 0) is 90.8 Å². The van der Waals surface area contributed by atoms with Gasteiger partial charge in [0.25, 0.3) is 12.4 Å². The number of rotatable bonds is 26. The van der Waals surface area contributed by atoms with Gasteiger partial charge >= 0.3 is 71.6 Å². The molecule has 0 radical (unpaired) electrons. The lowest BCUT2D eigenvalue weighted by molar-refractivity contribution is -0.171. The van der Waals surface area contributed by atoms with Crippen LogP contribution in [0.1, 0.15) is 257 Å². The first-order valence-corrected chi connectivity index (χ1v) is 34.9. The summed E-state index contributed by atoms with van der Waals surface area (Å²) in [5, 5.41) is 184. The molecule has 1 aliphatic carbocycles. The molecule has 7 aromatic heterocycles. The zero-order valence-corrected chi connectivity index (χ0v) is 70.1. The van der Waals surface area contributed by atoms with Crippen LogP contribution in [0.5, 0.6) is 6.01 Å². The van der Waals surface area contributed by atoms with Crippen LogP contribution in [0.4, 0.5) is 14.7 Å². The van der Waals surface area contributed by atoms with Gasteiger partial charge < -0.3 is 91.1 Å². The van der Waals surface area contributed by atoms with Crippen LogP contribution >= 0.6 is 11.8 Å². The maximum absolute atomic E-state index is 12.1. The van der Waals surface area contributed by atoms with E-state index in [1.165, 1.54) is 46.1 Å². The summed E-state index contributed by atoms with van der Waals surface area (Å²) in [7, 11) is 14.3. The highest BCUT2D eigenvalue weighted by Gasteiger charge is 2.42. The highest BCUT2D eigenvalue weighted by atomic mass is 32.2. The van der Waals surface area contributed by atoms with E-state index in [9.17, 15) is 56.7 Å². The number of H-pyrrole nitrogens is 7. The van der Waals surface area contributed by atoms with Gasteiger partial charge in [-0.3, -0.25) is 38.5 Å². The van der Waals surface area contributed by atoms with Gasteiger partial charge in [0.1, 0.15) is 13.2 Å². The maximum Gasteiger partial charge on any atom is 0.374 e. The van der Waals surface area contributed by atoms with E-state index in [1.54, 1.807) is 67.2 Å². The number of allylic oxidation sites excluding steroid dienone is 1. The molecule has 137 heavy (non-hydrogen) atoms. The number of carboxylic acids is 10. The number of hydrogen-bond acceptors (Lipinski definition) is 41. The second kappa shape index (κ2) is 149. The van der Waals surface area contributed by atoms with Gasteiger partial charge in [0, 0.05) is 66.1 Å². The molecule has 0 bridgehead atoms. The SMILES string of the molecule is C.C.C.C.C.C.C.C.C.C.C.C.C.C.C.C.C.C.C/C=C/C(=O)O.CC(C)C(F)(F)C(=O)O.CC1CC1C(=O)O.CCC(=O)O.CCCC(=O)O.CCCc1nn[nH]n1.CCc1nn[nH]n1.CN(C)CC(=O)O.CNCC(=O)O.CNCc1nn[nH]n1.CNc1nn[nH]n1.COC(C)C(=O)O.COCC(=O)O.COCc1nn[nH]n1.COc1nn[nH]n1.CSCC(=O)O.Cc1nn[nH]n1.O=CO. The minimum atomic E-state index is -3.58. The Morgan fingerprint density at radius 3 is 1.04 bits per heavy atom. The molecule has 7 heterocycles. The number of nitrogens with one attached hydrogen (secondary N) is 10. The molecular weight excluding hydrogens is 1850 g/mol. The van der Waals surface area contributed by atoms with Crippen molar-refractivity contribution in [1.82, 2.24) is 160 Å². The van der Waals surface area contributed by atoms with Crippen LogP contribution in [0.15, 0.2) is 12.2 Å². The second-order valence-electron chi connectivity index (χ2n) is 20.7. The number of halogens is 2. The number of thioether (sulfide) groups is 1. The Bertz CT molecular complexity index is 3210. The van der Waals surface area contributed by atoms with Gasteiger partial charge in [0.15, 0.2) is 35.2 Å². The lowest BCUT2D eigenvalue weighted by atomic mass is 10.1. The summed E-state index contributed by atoms with van der Waals surface area (Å²) >= 11 is 1.31. The number of aromatic amines is 7. The molecule has 58 nitrogen and oxygen atoms in total. The third-order valence-corrected chi connectivity index (χ3v) is 10.5. The van der Waals surface area contributed by atoms with Crippen molar-refractivity contribution in [3.8, 4) is 6.01 Å². The van der Waals surface area contributed by atoms with Crippen LogP contribution < -0.4 is 20.7 Å². The number of nitrogens with zero attached hydrogens (tertiary/aromatic N) is 22. The number of likely N-dealkylation sites (N-methyl/N-ethyl adjacent to an activating group) is 2. The predicted octanol–water partition coefficient (Wildman–Crippen LogP) is 10.6. The zero-order valence-electron chi connectivity index (χ0n) is 69.3. The minimum absolute atomic E-state index is 0. The van der Waals surface area contributed by atoms with Crippen LogP contribution in [0, 0.1) is 24.7 Å². The Labute approximate surface area is 816 Å². The Hall–Kier alpha value is -13.0. The predicted molar refractivity (Wildman–Crippen MR) is 529 cm³/mol. The summed E-state index contributed by atoms with van der Waals surface area (Å²) in [5.74, 6) is -9.33. The van der Waals surface area contributed by atoms with Crippen molar-refractivity contribution in [3.63, 3.8) is 0 Å². The molecule has 0 aliphatic heterocycles. The molecule has 21 N–H and O–H groups in total. The van der Waals surface area contributed by atoms with E-state index in [0.717, 1.165) is 63.7 Å². The van der Waals surface area contributed by atoms with E-state index in [1.807, 2.05) is 27.8 Å². The first-order chi connectivity index (χ1) is 55.9. The number of anilines is 1. The summed E-state index contributed by atoms with van der Waals surface area (Å²) in [4.78, 5) is 106. The molecule has 7 aromatic rings. The average Bonchev–Trinajstić information content (AvgIpc) is 1.55. The number of ether oxygens (including phenoxy) is 4. The molecule has 3 atom stereocenters. The molecule has 1 aliphatic rings. The Balaban J connectivity index is -0.0000000351. The van der Waals surface area contributed by atoms with Crippen molar-refractivity contribution in [2.45, 2.75) is 273 Å². The van der Waals surface area contributed by atoms with Gasteiger partial charge in [-0.15, -0.1) is 56.1 Å². The number of hydrogen-bond donors (Lipinski definition) is 21.